The first-order chi connectivity index (χ1) is 14.7. The number of anilines is 1. The minimum absolute atomic E-state index is 0.109. The van der Waals surface area contributed by atoms with E-state index in [9.17, 15) is 22.4 Å². The van der Waals surface area contributed by atoms with Crippen LogP contribution in [0.4, 0.5) is 10.1 Å². The molecule has 7 nitrogen and oxygen atoms in total. The molecule has 0 aliphatic carbocycles. The van der Waals surface area contributed by atoms with Crippen molar-refractivity contribution >= 4 is 27.3 Å². The number of carbonyl (C=O) groups excluding carboxylic acids is 2. The summed E-state index contributed by atoms with van der Waals surface area (Å²) in [6.07, 6.45) is 1.73. The van der Waals surface area contributed by atoms with Gasteiger partial charge in [-0.2, -0.15) is 0 Å². The van der Waals surface area contributed by atoms with Crippen molar-refractivity contribution in [3.8, 4) is 0 Å². The molecule has 1 saturated heterocycles. The van der Waals surface area contributed by atoms with Gasteiger partial charge in [-0.1, -0.05) is 12.1 Å². The van der Waals surface area contributed by atoms with Crippen LogP contribution < -0.4 is 11.1 Å². The van der Waals surface area contributed by atoms with Gasteiger partial charge in [-0.25, -0.2) is 12.8 Å². The molecule has 2 unspecified atom stereocenters. The molecule has 3 N–H and O–H groups in total. The Kier molecular flexibility index (Phi) is 7.07. The summed E-state index contributed by atoms with van der Waals surface area (Å²) in [4.78, 5) is 26.0. The molecule has 0 bridgehead atoms. The predicted molar refractivity (Wildman–Crippen MR) is 115 cm³/mol. The van der Waals surface area contributed by atoms with E-state index in [2.05, 4.69) is 10.2 Å². The van der Waals surface area contributed by atoms with Gasteiger partial charge in [0.05, 0.1) is 10.8 Å². The van der Waals surface area contributed by atoms with E-state index in [0.29, 0.717) is 18.8 Å². The highest BCUT2D eigenvalue weighted by molar-refractivity contribution is 7.92. The van der Waals surface area contributed by atoms with Crippen LogP contribution in [0, 0.1) is 11.7 Å². The number of likely N-dealkylation sites (tertiary alicyclic amines) is 1. The average Bonchev–Trinajstić information content (AvgIpc) is 2.75. The standard InChI is InChI=1S/C22H26FN3O4S/c1-15(31(29,30)20-10-6-18(23)7-11-20)22(28)25-19-8-4-16(5-9-19)13-26-12-2-3-17(14-26)21(24)27/h4-11,15,17H,2-3,12-14H2,1H3,(H2,24,27)(H,25,28). The molecule has 1 aliphatic heterocycles. The molecule has 1 heterocycles. The molecule has 2 aromatic carbocycles. The molecule has 1 fully saturated rings. The second kappa shape index (κ2) is 9.57. The minimum Gasteiger partial charge on any atom is -0.369 e. The zero-order chi connectivity index (χ0) is 22.6. The Morgan fingerprint density at radius 1 is 1.16 bits per heavy atom. The van der Waals surface area contributed by atoms with Crippen LogP contribution in [-0.4, -0.2) is 43.5 Å². The lowest BCUT2D eigenvalue weighted by molar-refractivity contribution is -0.123. The third kappa shape index (κ3) is 5.68. The van der Waals surface area contributed by atoms with Crippen LogP contribution in [0.15, 0.2) is 53.4 Å². The molecule has 3 rings (SSSR count). The number of rotatable bonds is 7. The van der Waals surface area contributed by atoms with Crippen molar-refractivity contribution in [3.63, 3.8) is 0 Å². The Bertz CT molecular complexity index is 1040. The zero-order valence-corrected chi connectivity index (χ0v) is 18.1. The van der Waals surface area contributed by atoms with E-state index >= 15 is 0 Å². The largest absolute Gasteiger partial charge is 0.369 e. The first-order valence-electron chi connectivity index (χ1n) is 10.1. The molecule has 0 aromatic heterocycles. The molecule has 0 spiro atoms. The molecule has 31 heavy (non-hydrogen) atoms. The molecule has 1 aliphatic rings. The van der Waals surface area contributed by atoms with Crippen LogP contribution in [0.25, 0.3) is 0 Å². The number of sulfone groups is 1. The highest BCUT2D eigenvalue weighted by Crippen LogP contribution is 2.21. The monoisotopic (exact) mass is 447 g/mol. The number of primary amides is 1. The number of nitrogens with two attached hydrogens (primary N) is 1. The quantitative estimate of drug-likeness (QED) is 0.633. The molecule has 9 heteroatoms. The van der Waals surface area contributed by atoms with E-state index in [0.717, 1.165) is 49.2 Å². The number of hydrogen-bond donors (Lipinski definition) is 2. The maximum absolute atomic E-state index is 13.1. The van der Waals surface area contributed by atoms with Gasteiger partial charge in [-0.15, -0.1) is 0 Å². The van der Waals surface area contributed by atoms with E-state index in [-0.39, 0.29) is 16.7 Å². The summed E-state index contributed by atoms with van der Waals surface area (Å²) < 4.78 is 38.3. The fourth-order valence-corrected chi connectivity index (χ4v) is 4.86. The average molecular weight is 448 g/mol. The number of nitrogens with one attached hydrogen (secondary N) is 1. The van der Waals surface area contributed by atoms with Gasteiger partial charge >= 0.3 is 0 Å². The van der Waals surface area contributed by atoms with Gasteiger partial charge in [0.2, 0.25) is 11.8 Å². The Labute approximate surface area is 181 Å². The first kappa shape index (κ1) is 22.9. The second-order valence-electron chi connectivity index (χ2n) is 7.80. The molecule has 0 saturated carbocycles. The number of benzene rings is 2. The van der Waals surface area contributed by atoms with Crippen LogP contribution in [0.5, 0.6) is 0 Å². The van der Waals surface area contributed by atoms with Crippen molar-refractivity contribution in [2.45, 2.75) is 36.5 Å². The maximum atomic E-state index is 13.1. The van der Waals surface area contributed by atoms with Gasteiger partial charge < -0.3 is 11.1 Å². The van der Waals surface area contributed by atoms with E-state index in [1.807, 2.05) is 12.1 Å². The normalized spacial score (nSPS) is 18.3. The number of halogens is 1. The zero-order valence-electron chi connectivity index (χ0n) is 17.3. The van der Waals surface area contributed by atoms with Crippen LogP contribution >= 0.6 is 0 Å². The molecular formula is C22H26FN3O4S. The van der Waals surface area contributed by atoms with Crippen molar-refractivity contribution in [1.29, 1.82) is 0 Å². The van der Waals surface area contributed by atoms with E-state index in [1.54, 1.807) is 12.1 Å². The van der Waals surface area contributed by atoms with Crippen molar-refractivity contribution in [2.75, 3.05) is 18.4 Å². The van der Waals surface area contributed by atoms with Crippen LogP contribution in [0.1, 0.15) is 25.3 Å². The van der Waals surface area contributed by atoms with Gasteiger partial charge in [0.1, 0.15) is 11.1 Å². The Morgan fingerprint density at radius 3 is 2.42 bits per heavy atom. The fraction of sp³-hybridized carbons (Fsp3) is 0.364. The van der Waals surface area contributed by atoms with Crippen LogP contribution in [0.3, 0.4) is 0 Å². The molecule has 2 aromatic rings. The highest BCUT2D eigenvalue weighted by atomic mass is 32.2. The summed E-state index contributed by atoms with van der Waals surface area (Å²) in [7, 11) is -3.94. The Hall–Kier alpha value is -2.78. The molecule has 0 radical (unpaired) electrons. The van der Waals surface area contributed by atoms with Crippen LogP contribution in [-0.2, 0) is 26.0 Å². The van der Waals surface area contributed by atoms with E-state index in [1.165, 1.54) is 6.92 Å². The lowest BCUT2D eigenvalue weighted by atomic mass is 9.97. The number of carbonyl (C=O) groups is 2. The van der Waals surface area contributed by atoms with Crippen LogP contribution in [0.2, 0.25) is 0 Å². The smallest absolute Gasteiger partial charge is 0.242 e. The van der Waals surface area contributed by atoms with Crippen molar-refractivity contribution in [2.24, 2.45) is 11.7 Å². The number of hydrogen-bond acceptors (Lipinski definition) is 5. The SMILES string of the molecule is CC(C(=O)Nc1ccc(CN2CCCC(C(N)=O)C2)cc1)S(=O)(=O)c1ccc(F)cc1. The summed E-state index contributed by atoms with van der Waals surface area (Å²) in [5, 5.41) is 1.28. The molecule has 2 atom stereocenters. The second-order valence-corrected chi connectivity index (χ2v) is 10.1. The first-order valence-corrected chi connectivity index (χ1v) is 11.6. The lowest BCUT2D eigenvalue weighted by Gasteiger charge is -2.31. The third-order valence-corrected chi connectivity index (χ3v) is 7.59. The summed E-state index contributed by atoms with van der Waals surface area (Å²) in [5.41, 5.74) is 6.91. The van der Waals surface area contributed by atoms with Gasteiger partial charge in [0, 0.05) is 18.8 Å². The Balaban J connectivity index is 1.60. The predicted octanol–water partition coefficient (Wildman–Crippen LogP) is 2.32. The van der Waals surface area contributed by atoms with Crippen molar-refractivity contribution in [3.05, 3.63) is 59.9 Å². The summed E-state index contributed by atoms with van der Waals surface area (Å²) in [6, 6.07) is 11.5. The summed E-state index contributed by atoms with van der Waals surface area (Å²) in [5.74, 6) is -1.62. The molecule has 166 valence electrons. The van der Waals surface area contributed by atoms with E-state index in [4.69, 9.17) is 5.73 Å². The number of nitrogens with zero attached hydrogens (tertiary/aromatic N) is 1. The third-order valence-electron chi connectivity index (χ3n) is 5.51. The number of amides is 2. The number of piperidine rings is 1. The van der Waals surface area contributed by atoms with Gasteiger partial charge in [-0.05, 0) is 68.3 Å². The fourth-order valence-electron chi connectivity index (χ4n) is 3.60. The van der Waals surface area contributed by atoms with Gasteiger partial charge in [-0.3, -0.25) is 14.5 Å². The summed E-state index contributed by atoms with van der Waals surface area (Å²) >= 11 is 0. The van der Waals surface area contributed by atoms with Crippen molar-refractivity contribution < 1.29 is 22.4 Å². The van der Waals surface area contributed by atoms with E-state index < -0.39 is 26.8 Å². The lowest BCUT2D eigenvalue weighted by Crippen LogP contribution is -2.40. The maximum Gasteiger partial charge on any atom is 0.242 e. The topological polar surface area (TPSA) is 110 Å². The Morgan fingerprint density at radius 2 is 1.81 bits per heavy atom. The minimum atomic E-state index is -3.94. The highest BCUT2D eigenvalue weighted by Gasteiger charge is 2.30. The van der Waals surface area contributed by atoms with Gasteiger partial charge in [0.25, 0.3) is 0 Å². The van der Waals surface area contributed by atoms with Gasteiger partial charge in [0.15, 0.2) is 9.84 Å². The molecular weight excluding hydrogens is 421 g/mol. The molecule has 2 amide bonds. The summed E-state index contributed by atoms with van der Waals surface area (Å²) in [6.45, 7) is 3.48. The van der Waals surface area contributed by atoms with Crippen molar-refractivity contribution in [1.82, 2.24) is 4.90 Å².